The fraction of sp³-hybridized carbons (Fsp3) is 0.879. The van der Waals surface area contributed by atoms with Gasteiger partial charge in [0, 0.05) is 25.7 Å². The molecule has 0 spiro atoms. The highest BCUT2D eigenvalue weighted by Gasteiger charge is 2.30. The Morgan fingerprint density at radius 3 is 1.05 bits per heavy atom. The highest BCUT2D eigenvalue weighted by atomic mass is 31.2. The Hall–Kier alpha value is -2.46. The maximum absolute atomic E-state index is 13.0. The zero-order valence-corrected chi connectivity index (χ0v) is 56.3. The number of rotatable bonds is 62. The van der Waals surface area contributed by atoms with E-state index in [0.717, 1.165) is 127 Å². The summed E-state index contributed by atoms with van der Waals surface area (Å²) < 4.78 is 68.0. The minimum Gasteiger partial charge on any atom is -0.462 e. The number of carbonyl (C=O) groups is 4. The Labute approximate surface area is 516 Å². The summed E-state index contributed by atoms with van der Waals surface area (Å²) in [5.41, 5.74) is 0. The predicted molar refractivity (Wildman–Crippen MR) is 340 cm³/mol. The molecule has 17 nitrogen and oxygen atoms in total. The fourth-order valence-electron chi connectivity index (χ4n) is 9.23. The van der Waals surface area contributed by atoms with Gasteiger partial charge in [0.1, 0.15) is 19.3 Å². The number of phosphoric acid groups is 2. The van der Waals surface area contributed by atoms with Crippen LogP contribution in [0.1, 0.15) is 299 Å². The Morgan fingerprint density at radius 2 is 0.694 bits per heavy atom. The van der Waals surface area contributed by atoms with E-state index in [0.29, 0.717) is 31.6 Å². The lowest BCUT2D eigenvalue weighted by molar-refractivity contribution is -0.161. The molecule has 0 aliphatic heterocycles. The second-order valence-corrected chi connectivity index (χ2v) is 27.0. The van der Waals surface area contributed by atoms with Gasteiger partial charge < -0.3 is 33.8 Å². The number of hydrogen-bond donors (Lipinski definition) is 3. The normalized spacial score (nSPS) is 15.1. The molecule has 0 saturated carbocycles. The molecule has 3 N–H and O–H groups in total. The van der Waals surface area contributed by atoms with Crippen molar-refractivity contribution in [3.63, 3.8) is 0 Å². The lowest BCUT2D eigenvalue weighted by Gasteiger charge is -2.21. The predicted octanol–water partition coefficient (Wildman–Crippen LogP) is 17.8. The minimum absolute atomic E-state index is 0.0959. The van der Waals surface area contributed by atoms with Gasteiger partial charge in [0.2, 0.25) is 0 Å². The first-order chi connectivity index (χ1) is 40.8. The molecule has 0 aliphatic rings. The molecule has 0 fully saturated rings. The van der Waals surface area contributed by atoms with Crippen LogP contribution in [-0.4, -0.2) is 96.7 Å². The maximum Gasteiger partial charge on any atom is 0.472 e. The van der Waals surface area contributed by atoms with Gasteiger partial charge in [-0.25, -0.2) is 9.13 Å². The van der Waals surface area contributed by atoms with Crippen LogP contribution in [0.2, 0.25) is 0 Å². The molecule has 0 saturated heterocycles. The van der Waals surface area contributed by atoms with Crippen molar-refractivity contribution in [3.05, 3.63) is 24.3 Å². The fourth-order valence-corrected chi connectivity index (χ4v) is 10.8. The highest BCUT2D eigenvalue weighted by molar-refractivity contribution is 7.47. The van der Waals surface area contributed by atoms with E-state index in [2.05, 4.69) is 72.8 Å². The van der Waals surface area contributed by atoms with Crippen molar-refractivity contribution < 1.29 is 80.2 Å². The Morgan fingerprint density at radius 1 is 0.388 bits per heavy atom. The summed E-state index contributed by atoms with van der Waals surface area (Å²) in [5, 5.41) is 10.5. The van der Waals surface area contributed by atoms with Crippen LogP contribution < -0.4 is 0 Å². The summed E-state index contributed by atoms with van der Waals surface area (Å²) in [5.74, 6) is -0.0295. The van der Waals surface area contributed by atoms with E-state index < -0.39 is 97.5 Å². The third-order valence-electron chi connectivity index (χ3n) is 15.2. The number of ether oxygens (including phenoxy) is 4. The Balaban J connectivity index is 5.27. The third kappa shape index (κ3) is 57.7. The number of esters is 4. The number of unbranched alkanes of at least 4 members (excludes halogenated alkanes) is 25. The Kier molecular flexibility index (Phi) is 55.1. The molecule has 0 rings (SSSR count). The van der Waals surface area contributed by atoms with Crippen LogP contribution >= 0.6 is 15.6 Å². The van der Waals surface area contributed by atoms with E-state index in [1.165, 1.54) is 83.5 Å². The lowest BCUT2D eigenvalue weighted by atomic mass is 10.00. The topological polar surface area (TPSA) is 237 Å². The molecular formula is C66H124O17P2. The third-order valence-corrected chi connectivity index (χ3v) is 17.1. The molecule has 0 aromatic rings. The first-order valence-electron chi connectivity index (χ1n) is 33.7. The second-order valence-electron chi connectivity index (χ2n) is 24.1. The smallest absolute Gasteiger partial charge is 0.462 e. The van der Waals surface area contributed by atoms with E-state index in [4.69, 9.17) is 37.0 Å². The number of phosphoric ester groups is 2. The van der Waals surface area contributed by atoms with Gasteiger partial charge in [-0.05, 0) is 69.1 Å². The van der Waals surface area contributed by atoms with Crippen molar-refractivity contribution in [1.29, 1.82) is 0 Å². The largest absolute Gasteiger partial charge is 0.472 e. The molecule has 0 bridgehead atoms. The average Bonchev–Trinajstić information content (AvgIpc) is 3.55. The summed E-state index contributed by atoms with van der Waals surface area (Å²) >= 11 is 0. The van der Waals surface area contributed by atoms with Crippen molar-refractivity contribution in [2.24, 2.45) is 17.8 Å². The van der Waals surface area contributed by atoms with Crippen molar-refractivity contribution in [2.75, 3.05) is 39.6 Å². The molecule has 500 valence electrons. The van der Waals surface area contributed by atoms with Gasteiger partial charge in [-0.3, -0.25) is 37.3 Å². The van der Waals surface area contributed by atoms with Crippen LogP contribution in [0.3, 0.4) is 0 Å². The number of carbonyl (C=O) groups excluding carboxylic acids is 4. The van der Waals surface area contributed by atoms with Crippen molar-refractivity contribution in [3.8, 4) is 0 Å². The average molecular weight is 1250 g/mol. The van der Waals surface area contributed by atoms with Gasteiger partial charge in [-0.1, -0.05) is 246 Å². The summed E-state index contributed by atoms with van der Waals surface area (Å²) in [4.78, 5) is 72.2. The molecule has 19 heteroatoms. The first-order valence-corrected chi connectivity index (χ1v) is 36.7. The van der Waals surface area contributed by atoms with Gasteiger partial charge >= 0.3 is 39.5 Å². The van der Waals surface area contributed by atoms with Crippen LogP contribution in [0.15, 0.2) is 24.3 Å². The molecule has 0 aliphatic carbocycles. The first kappa shape index (κ1) is 82.5. The standard InChI is InChI=1S/C66H124O17P2/c1-8-11-12-13-14-15-16-17-18-19-20-21-24-33-40-47-63(68)76-53-61(82-65(70)49-42-35-25-22-23-30-37-44-57(4)5)55-80-84(72,73)78-51-60(67)52-79-85(74,75)81-56-62(83-66(71)50-43-36-29-27-32-39-46-59(7)10-3)54-77-64(69)48-41-34-28-26-31-38-45-58(6)9-2/h15-18,57-62,67H,8-14,19-56H2,1-7H3,(H,72,73)(H,74,75)/b16-15-,18-17-/t58?,59?,60-,61-,62-/m1/s1. The van der Waals surface area contributed by atoms with E-state index in [9.17, 15) is 43.2 Å². The van der Waals surface area contributed by atoms with Crippen LogP contribution in [0.4, 0.5) is 0 Å². The lowest BCUT2D eigenvalue weighted by Crippen LogP contribution is -2.30. The quantitative estimate of drug-likeness (QED) is 0.0169. The number of aliphatic hydroxyl groups is 1. The van der Waals surface area contributed by atoms with Crippen LogP contribution in [-0.2, 0) is 65.4 Å². The van der Waals surface area contributed by atoms with Gasteiger partial charge in [0.25, 0.3) is 0 Å². The number of aliphatic hydroxyl groups excluding tert-OH is 1. The molecule has 0 radical (unpaired) electrons. The maximum atomic E-state index is 13.0. The van der Waals surface area contributed by atoms with Crippen LogP contribution in [0.5, 0.6) is 0 Å². The number of hydrogen-bond acceptors (Lipinski definition) is 15. The minimum atomic E-state index is -4.95. The molecule has 7 atom stereocenters. The second kappa shape index (κ2) is 56.8. The summed E-state index contributed by atoms with van der Waals surface area (Å²) in [6, 6.07) is 0. The molecule has 0 aromatic heterocycles. The van der Waals surface area contributed by atoms with Crippen LogP contribution in [0, 0.1) is 17.8 Å². The molecule has 0 aromatic carbocycles. The SMILES string of the molecule is CCCCCC/C=C\C=C/CCCCCCCC(=O)OC[C@H](COP(=O)(O)OC[C@@H](O)COP(=O)(O)OC[C@@H](COC(=O)CCCCCCCCC(C)CC)OC(=O)CCCCCCCCC(C)CC)OC(=O)CCCCCCCCCC(C)C. The zero-order valence-electron chi connectivity index (χ0n) is 54.5. The molecule has 4 unspecified atom stereocenters. The summed E-state index contributed by atoms with van der Waals surface area (Å²) in [6.45, 7) is 11.6. The summed E-state index contributed by atoms with van der Waals surface area (Å²) in [6.07, 6.45) is 41.4. The molecular weight excluding hydrogens is 1130 g/mol. The number of allylic oxidation sites excluding steroid dienone is 4. The summed E-state index contributed by atoms with van der Waals surface area (Å²) in [7, 11) is -9.90. The molecule has 85 heavy (non-hydrogen) atoms. The van der Waals surface area contributed by atoms with E-state index in [-0.39, 0.29) is 25.7 Å². The van der Waals surface area contributed by atoms with Crippen molar-refractivity contribution in [2.45, 2.75) is 317 Å². The molecule has 0 heterocycles. The van der Waals surface area contributed by atoms with Crippen LogP contribution in [0.25, 0.3) is 0 Å². The molecule has 0 amide bonds. The van der Waals surface area contributed by atoms with Gasteiger partial charge in [0.15, 0.2) is 12.2 Å². The van der Waals surface area contributed by atoms with Gasteiger partial charge in [0.05, 0.1) is 26.4 Å². The monoisotopic (exact) mass is 1250 g/mol. The Bertz CT molecular complexity index is 1780. The van der Waals surface area contributed by atoms with E-state index >= 15 is 0 Å². The van der Waals surface area contributed by atoms with E-state index in [1.807, 2.05) is 0 Å². The van der Waals surface area contributed by atoms with Gasteiger partial charge in [-0.2, -0.15) is 0 Å². The van der Waals surface area contributed by atoms with E-state index in [1.54, 1.807) is 0 Å². The van der Waals surface area contributed by atoms with Crippen molar-refractivity contribution >= 4 is 39.5 Å². The zero-order chi connectivity index (χ0) is 63.1. The van der Waals surface area contributed by atoms with Gasteiger partial charge in [-0.15, -0.1) is 0 Å². The highest BCUT2D eigenvalue weighted by Crippen LogP contribution is 2.45. The van der Waals surface area contributed by atoms with Crippen molar-refractivity contribution in [1.82, 2.24) is 0 Å².